The van der Waals surface area contributed by atoms with Crippen LogP contribution in [-0.4, -0.2) is 21.7 Å². The molecule has 0 bridgehead atoms. The molecule has 2 heterocycles. The molecule has 0 spiro atoms. The van der Waals surface area contributed by atoms with Crippen LogP contribution in [0.5, 0.6) is 0 Å². The molecule has 2 aromatic heterocycles. The quantitative estimate of drug-likeness (QED) is 0.907. The van der Waals surface area contributed by atoms with E-state index in [-0.39, 0.29) is 0 Å². The lowest BCUT2D eigenvalue weighted by Crippen LogP contribution is -2.08. The van der Waals surface area contributed by atoms with Crippen molar-refractivity contribution in [1.82, 2.24) is 15.1 Å². The molecule has 6 nitrogen and oxygen atoms in total. The first-order valence-corrected chi connectivity index (χ1v) is 5.66. The molecule has 7 heteroatoms. The molecule has 0 unspecified atom stereocenters. The van der Waals surface area contributed by atoms with Gasteiger partial charge in [-0.3, -0.25) is 0 Å². The van der Waals surface area contributed by atoms with Crippen molar-refractivity contribution in [1.29, 1.82) is 5.26 Å². The van der Waals surface area contributed by atoms with E-state index in [4.69, 9.17) is 21.4 Å². The van der Waals surface area contributed by atoms with Crippen molar-refractivity contribution in [3.63, 3.8) is 0 Å². The lowest BCUT2D eigenvalue weighted by molar-refractivity contribution is 0.387. The minimum Gasteiger partial charge on any atom is -0.368 e. The molecular weight excluding hydrogens is 254 g/mol. The predicted octanol–water partition coefficient (Wildman–Crippen LogP) is 1.95. The zero-order valence-corrected chi connectivity index (χ0v) is 10.4. The van der Waals surface area contributed by atoms with Gasteiger partial charge >= 0.3 is 0 Å². The predicted molar refractivity (Wildman–Crippen MR) is 65.2 cm³/mol. The highest BCUT2D eigenvalue weighted by Crippen LogP contribution is 2.22. The van der Waals surface area contributed by atoms with Gasteiger partial charge in [-0.05, 0) is 6.07 Å². The van der Waals surface area contributed by atoms with Crippen molar-refractivity contribution in [2.75, 3.05) is 11.9 Å². The summed E-state index contributed by atoms with van der Waals surface area (Å²) in [7, 11) is 0. The number of hydrogen-bond acceptors (Lipinski definition) is 6. The second-order valence-corrected chi connectivity index (χ2v) is 3.92. The number of aromatic nitrogens is 3. The maximum absolute atomic E-state index is 8.83. The van der Waals surface area contributed by atoms with Gasteiger partial charge in [0.25, 0.3) is 0 Å². The zero-order chi connectivity index (χ0) is 13.0. The fraction of sp³-hybridized carbons (Fsp3) is 0.273. The Morgan fingerprint density at radius 3 is 3.06 bits per heavy atom. The molecule has 0 aliphatic rings. The number of nitrogens with zero attached hydrogens (tertiary/aromatic N) is 4. The van der Waals surface area contributed by atoms with Crippen LogP contribution in [0.1, 0.15) is 17.3 Å². The van der Waals surface area contributed by atoms with E-state index in [2.05, 4.69) is 20.4 Å². The zero-order valence-electron chi connectivity index (χ0n) is 9.64. The highest BCUT2D eigenvalue weighted by Gasteiger charge is 2.07. The van der Waals surface area contributed by atoms with Crippen LogP contribution < -0.4 is 5.32 Å². The lowest BCUT2D eigenvalue weighted by Gasteiger charge is -2.06. The van der Waals surface area contributed by atoms with Gasteiger partial charge in [0.2, 0.25) is 5.89 Å². The molecule has 18 heavy (non-hydrogen) atoms. The molecule has 1 N–H and O–H groups in total. The Morgan fingerprint density at radius 2 is 2.39 bits per heavy atom. The van der Waals surface area contributed by atoms with Crippen molar-refractivity contribution in [2.24, 2.45) is 0 Å². The number of rotatable bonds is 4. The van der Waals surface area contributed by atoms with Gasteiger partial charge in [0.1, 0.15) is 16.9 Å². The molecular formula is C11H10ClN5O. The number of anilines is 1. The van der Waals surface area contributed by atoms with Gasteiger partial charge in [-0.1, -0.05) is 16.8 Å². The number of nitriles is 1. The number of pyridine rings is 1. The maximum atomic E-state index is 8.83. The van der Waals surface area contributed by atoms with Crippen molar-refractivity contribution in [2.45, 2.75) is 13.3 Å². The molecule has 0 fully saturated rings. The summed E-state index contributed by atoms with van der Waals surface area (Å²) in [6, 6.07) is 3.56. The summed E-state index contributed by atoms with van der Waals surface area (Å²) >= 11 is 6.00. The Hall–Kier alpha value is -2.13. The van der Waals surface area contributed by atoms with Gasteiger partial charge in [-0.15, -0.1) is 0 Å². The average molecular weight is 264 g/mol. The van der Waals surface area contributed by atoms with Crippen LogP contribution in [0.15, 0.2) is 16.8 Å². The monoisotopic (exact) mass is 263 g/mol. The first kappa shape index (κ1) is 12.3. The molecule has 2 rings (SSSR count). The molecule has 0 saturated carbocycles. The lowest BCUT2D eigenvalue weighted by atomic mass is 10.3. The van der Waals surface area contributed by atoms with Crippen molar-refractivity contribution >= 4 is 17.4 Å². The normalized spacial score (nSPS) is 10.1. The minimum atomic E-state index is 0.323. The molecule has 0 amide bonds. The Morgan fingerprint density at radius 1 is 1.56 bits per heavy atom. The summed E-state index contributed by atoms with van der Waals surface area (Å²) in [5.74, 6) is 1.64. The maximum Gasteiger partial charge on any atom is 0.223 e. The fourth-order valence-electron chi connectivity index (χ4n) is 1.39. The molecule has 0 aliphatic carbocycles. The molecule has 0 aliphatic heterocycles. The summed E-state index contributed by atoms with van der Waals surface area (Å²) in [5, 5.41) is 16.0. The van der Waals surface area contributed by atoms with E-state index in [1.807, 2.05) is 6.07 Å². The molecule has 0 saturated heterocycles. The summed E-state index contributed by atoms with van der Waals surface area (Å²) in [4.78, 5) is 8.14. The third-order valence-electron chi connectivity index (χ3n) is 2.22. The van der Waals surface area contributed by atoms with E-state index >= 15 is 0 Å². The van der Waals surface area contributed by atoms with Gasteiger partial charge in [0.05, 0.1) is 5.56 Å². The van der Waals surface area contributed by atoms with Crippen LogP contribution in [0.3, 0.4) is 0 Å². The number of hydrogen-bond donors (Lipinski definition) is 1. The van der Waals surface area contributed by atoms with E-state index in [0.29, 0.717) is 41.1 Å². The number of nitrogens with one attached hydrogen (secondary N) is 1. The number of aryl methyl sites for hydroxylation is 1. The summed E-state index contributed by atoms with van der Waals surface area (Å²) in [5.41, 5.74) is 0.393. The van der Waals surface area contributed by atoms with Crippen molar-refractivity contribution in [3.05, 3.63) is 34.6 Å². The van der Waals surface area contributed by atoms with Gasteiger partial charge in [-0.25, -0.2) is 4.98 Å². The van der Waals surface area contributed by atoms with Crippen molar-refractivity contribution in [3.8, 4) is 6.07 Å². The average Bonchev–Trinajstić information content (AvgIpc) is 2.77. The molecule has 0 radical (unpaired) electrons. The van der Waals surface area contributed by atoms with E-state index < -0.39 is 0 Å². The molecule has 92 valence electrons. The first-order valence-electron chi connectivity index (χ1n) is 5.28. The topological polar surface area (TPSA) is 87.6 Å². The van der Waals surface area contributed by atoms with Crippen LogP contribution in [0.25, 0.3) is 0 Å². The first-order chi connectivity index (χ1) is 8.70. The molecule has 0 atom stereocenters. The largest absolute Gasteiger partial charge is 0.368 e. The third-order valence-corrected chi connectivity index (χ3v) is 2.60. The van der Waals surface area contributed by atoms with E-state index in [1.165, 1.54) is 6.20 Å². The van der Waals surface area contributed by atoms with Crippen LogP contribution in [-0.2, 0) is 6.42 Å². The molecule has 0 aromatic carbocycles. The second kappa shape index (κ2) is 5.47. The smallest absolute Gasteiger partial charge is 0.223 e. The highest BCUT2D eigenvalue weighted by atomic mass is 35.5. The fourth-order valence-corrected chi connectivity index (χ4v) is 1.61. The third kappa shape index (κ3) is 2.76. The Bertz CT molecular complexity index is 589. The Kier molecular flexibility index (Phi) is 3.75. The van der Waals surface area contributed by atoms with E-state index in [0.717, 1.165) is 0 Å². The van der Waals surface area contributed by atoms with Gasteiger partial charge < -0.3 is 9.84 Å². The van der Waals surface area contributed by atoms with Crippen LogP contribution in [0, 0.1) is 18.3 Å². The minimum absolute atomic E-state index is 0.323. The second-order valence-electron chi connectivity index (χ2n) is 3.54. The van der Waals surface area contributed by atoms with E-state index in [9.17, 15) is 0 Å². The summed E-state index contributed by atoms with van der Waals surface area (Å²) in [6.07, 6.45) is 2.12. The summed E-state index contributed by atoms with van der Waals surface area (Å²) in [6.45, 7) is 2.29. The van der Waals surface area contributed by atoms with Crippen molar-refractivity contribution < 1.29 is 4.52 Å². The van der Waals surface area contributed by atoms with Gasteiger partial charge in [0.15, 0.2) is 5.82 Å². The van der Waals surface area contributed by atoms with Gasteiger partial charge in [-0.2, -0.15) is 10.2 Å². The van der Waals surface area contributed by atoms with E-state index in [1.54, 1.807) is 13.0 Å². The molecule has 2 aromatic rings. The van der Waals surface area contributed by atoms with Crippen LogP contribution in [0.2, 0.25) is 5.02 Å². The van der Waals surface area contributed by atoms with Crippen LogP contribution in [0.4, 0.5) is 5.82 Å². The number of halogens is 1. The van der Waals surface area contributed by atoms with Crippen LogP contribution >= 0.6 is 11.6 Å². The SMILES string of the molecule is Cc1nc(CCNc2nccc(C#N)c2Cl)no1. The van der Waals surface area contributed by atoms with Gasteiger partial charge in [0, 0.05) is 26.1 Å². The summed E-state index contributed by atoms with van der Waals surface area (Å²) < 4.78 is 4.85. The highest BCUT2D eigenvalue weighted by molar-refractivity contribution is 6.34. The Balaban J connectivity index is 1.97. The Labute approximate surface area is 109 Å². The standard InChI is InChI=1S/C11H10ClN5O/c1-7-16-9(17-18-7)3-5-15-11-10(12)8(6-13)2-4-14-11/h2,4H,3,5H2,1H3,(H,14,15).